The Balaban J connectivity index is 2.08. The summed E-state index contributed by atoms with van der Waals surface area (Å²) < 4.78 is 2.59. The van der Waals surface area contributed by atoms with Crippen LogP contribution in [0.4, 0.5) is 0 Å². The lowest BCUT2D eigenvalue weighted by Gasteiger charge is -2.27. The number of piperidine rings is 1. The molecule has 1 fully saturated rings. The number of hydrogen-bond donors (Lipinski definition) is 3. The van der Waals surface area contributed by atoms with Crippen molar-refractivity contribution in [3.8, 4) is 11.1 Å². The number of rotatable bonds is 3. The van der Waals surface area contributed by atoms with Crippen molar-refractivity contribution in [2.24, 2.45) is 7.05 Å². The Labute approximate surface area is 165 Å². The minimum atomic E-state index is -0.805. The standard InChI is InChI=1S/C18H23BrN6O2/c1-10-14(13-7-22-25(3)9-13)8-21-24-11(2)16(19)17(23-10)12-4-5-15(18(26)27)20-6-12/h7-9,12,15,20,24H,4-6H2,1-3H3,(H,26,27). The molecule has 8 nitrogen and oxygen atoms in total. The van der Waals surface area contributed by atoms with E-state index < -0.39 is 12.0 Å². The predicted octanol–water partition coefficient (Wildman–Crippen LogP) is 2.63. The molecule has 2 atom stereocenters. The third-order valence-electron chi connectivity index (χ3n) is 4.77. The summed E-state index contributed by atoms with van der Waals surface area (Å²) >= 11 is 3.66. The van der Waals surface area contributed by atoms with Crippen molar-refractivity contribution in [1.29, 1.82) is 0 Å². The molecule has 27 heavy (non-hydrogen) atoms. The van der Waals surface area contributed by atoms with Crippen LogP contribution >= 0.6 is 15.9 Å². The van der Waals surface area contributed by atoms with Gasteiger partial charge in [0.15, 0.2) is 0 Å². The van der Waals surface area contributed by atoms with Gasteiger partial charge in [0.1, 0.15) is 6.04 Å². The van der Waals surface area contributed by atoms with Gasteiger partial charge in [-0.05, 0) is 42.6 Å². The normalized spacial score (nSPS) is 19.6. The summed E-state index contributed by atoms with van der Waals surface area (Å²) in [5, 5.41) is 23.9. The van der Waals surface area contributed by atoms with E-state index in [0.717, 1.165) is 39.1 Å². The second kappa shape index (κ2) is 8.18. The number of halogens is 1. The number of aromatic nitrogens is 5. The van der Waals surface area contributed by atoms with Gasteiger partial charge in [0.05, 0.1) is 22.6 Å². The lowest BCUT2D eigenvalue weighted by atomic mass is 9.91. The Hall–Kier alpha value is -2.26. The number of hydrogen-bond acceptors (Lipinski definition) is 5. The summed E-state index contributed by atoms with van der Waals surface area (Å²) in [4.78, 5) is 16.1. The molecule has 9 heteroatoms. The molecule has 0 radical (unpaired) electrons. The third kappa shape index (κ3) is 4.36. The first-order valence-electron chi connectivity index (χ1n) is 8.77. The number of carbonyl (C=O) groups is 1. The molecule has 0 aromatic carbocycles. The molecule has 3 N–H and O–H groups in total. The number of H-pyrrole nitrogens is 1. The van der Waals surface area contributed by atoms with Gasteiger partial charge in [0.2, 0.25) is 0 Å². The SMILES string of the molecule is Cc1nc(C2CCC(C(=O)O)NC2)c(Br)c(C)[nH]ncc1-c1cnn(C)c1. The molecule has 1 saturated heterocycles. The smallest absolute Gasteiger partial charge is 0.320 e. The first-order chi connectivity index (χ1) is 12.9. The predicted molar refractivity (Wildman–Crippen MR) is 105 cm³/mol. The van der Waals surface area contributed by atoms with E-state index in [4.69, 9.17) is 4.98 Å². The fourth-order valence-electron chi connectivity index (χ4n) is 3.23. The zero-order valence-electron chi connectivity index (χ0n) is 15.5. The summed E-state index contributed by atoms with van der Waals surface area (Å²) in [5.41, 5.74) is 4.39. The monoisotopic (exact) mass is 434 g/mol. The van der Waals surface area contributed by atoms with Crippen molar-refractivity contribution in [2.75, 3.05) is 6.54 Å². The summed E-state index contributed by atoms with van der Waals surface area (Å²) in [6.45, 7) is 4.44. The van der Waals surface area contributed by atoms with Crippen LogP contribution in [0.1, 0.15) is 35.8 Å². The van der Waals surface area contributed by atoms with E-state index in [0.29, 0.717) is 13.0 Å². The van der Waals surface area contributed by atoms with E-state index in [-0.39, 0.29) is 5.92 Å². The van der Waals surface area contributed by atoms with Crippen LogP contribution in [-0.2, 0) is 11.8 Å². The molecular weight excluding hydrogens is 412 g/mol. The second-order valence-electron chi connectivity index (χ2n) is 6.78. The quantitative estimate of drug-likeness (QED) is 0.684. The highest BCUT2D eigenvalue weighted by Crippen LogP contribution is 2.31. The Morgan fingerprint density at radius 3 is 2.70 bits per heavy atom. The maximum absolute atomic E-state index is 11.2. The van der Waals surface area contributed by atoms with Crippen molar-refractivity contribution in [3.63, 3.8) is 0 Å². The molecule has 1 aliphatic rings. The largest absolute Gasteiger partial charge is 0.480 e. The molecule has 0 amide bonds. The van der Waals surface area contributed by atoms with Gasteiger partial charge in [-0.25, -0.2) is 0 Å². The number of nitrogens with one attached hydrogen (secondary N) is 2. The van der Waals surface area contributed by atoms with Crippen LogP contribution in [0.2, 0.25) is 0 Å². The maximum Gasteiger partial charge on any atom is 0.320 e. The van der Waals surface area contributed by atoms with Gasteiger partial charge in [-0.15, -0.1) is 0 Å². The second-order valence-corrected chi connectivity index (χ2v) is 7.57. The minimum absolute atomic E-state index is 0.106. The van der Waals surface area contributed by atoms with E-state index >= 15 is 0 Å². The van der Waals surface area contributed by atoms with Crippen molar-refractivity contribution < 1.29 is 9.90 Å². The first kappa shape index (κ1) is 19.5. The highest BCUT2D eigenvalue weighted by Gasteiger charge is 2.28. The number of aromatic amines is 1. The number of aryl methyl sites for hydroxylation is 3. The van der Waals surface area contributed by atoms with Crippen LogP contribution in [-0.4, -0.2) is 48.6 Å². The summed E-state index contributed by atoms with van der Waals surface area (Å²) in [7, 11) is 1.87. The van der Waals surface area contributed by atoms with Crippen molar-refractivity contribution >= 4 is 21.9 Å². The Morgan fingerprint density at radius 1 is 1.33 bits per heavy atom. The molecule has 0 bridgehead atoms. The molecule has 144 valence electrons. The van der Waals surface area contributed by atoms with Crippen molar-refractivity contribution in [1.82, 2.24) is 30.3 Å². The molecule has 3 rings (SSSR count). The minimum Gasteiger partial charge on any atom is -0.480 e. The maximum atomic E-state index is 11.2. The lowest BCUT2D eigenvalue weighted by Crippen LogP contribution is -2.43. The average molecular weight is 435 g/mol. The highest BCUT2D eigenvalue weighted by molar-refractivity contribution is 9.10. The first-order valence-corrected chi connectivity index (χ1v) is 9.56. The molecule has 0 saturated carbocycles. The number of carboxylic acids is 1. The van der Waals surface area contributed by atoms with E-state index in [2.05, 4.69) is 36.5 Å². The zero-order valence-corrected chi connectivity index (χ0v) is 17.1. The fourth-order valence-corrected chi connectivity index (χ4v) is 3.73. The summed E-state index contributed by atoms with van der Waals surface area (Å²) in [6.07, 6.45) is 6.78. The number of nitrogens with zero attached hydrogens (tertiary/aromatic N) is 4. The lowest BCUT2D eigenvalue weighted by molar-refractivity contribution is -0.140. The van der Waals surface area contributed by atoms with Gasteiger partial charge >= 0.3 is 5.97 Å². The van der Waals surface area contributed by atoms with Gasteiger partial charge in [0, 0.05) is 48.2 Å². The van der Waals surface area contributed by atoms with Gasteiger partial charge < -0.3 is 10.4 Å². The van der Waals surface area contributed by atoms with E-state index in [1.165, 1.54) is 0 Å². The van der Waals surface area contributed by atoms with E-state index in [1.807, 2.05) is 27.1 Å². The van der Waals surface area contributed by atoms with Crippen molar-refractivity contribution in [3.05, 3.63) is 40.1 Å². The Bertz CT molecular complexity index is 897. The number of aliphatic carboxylic acids is 1. The number of carboxylic acid groups (broad SMARTS) is 1. The molecule has 0 aliphatic carbocycles. The van der Waals surface area contributed by atoms with Crippen LogP contribution in [0.15, 0.2) is 23.1 Å². The van der Waals surface area contributed by atoms with Crippen molar-refractivity contribution in [2.45, 2.75) is 38.6 Å². The molecular formula is C18H23BrN6O2. The van der Waals surface area contributed by atoms with Gasteiger partial charge in [-0.2, -0.15) is 10.2 Å². The van der Waals surface area contributed by atoms with Gasteiger partial charge in [-0.3, -0.25) is 19.6 Å². The molecule has 2 aromatic rings. The Morgan fingerprint density at radius 2 is 2.11 bits per heavy atom. The van der Waals surface area contributed by atoms with Crippen LogP contribution in [0.25, 0.3) is 11.1 Å². The zero-order chi connectivity index (χ0) is 19.6. The van der Waals surface area contributed by atoms with Crippen LogP contribution in [0.3, 0.4) is 0 Å². The van der Waals surface area contributed by atoms with E-state index in [9.17, 15) is 9.90 Å². The summed E-state index contributed by atoms with van der Waals surface area (Å²) in [6, 6.07) is -0.494. The fraction of sp³-hybridized carbons (Fsp3) is 0.444. The van der Waals surface area contributed by atoms with Gasteiger partial charge in [0.25, 0.3) is 0 Å². The van der Waals surface area contributed by atoms with Crippen LogP contribution in [0.5, 0.6) is 0 Å². The molecule has 0 spiro atoms. The highest BCUT2D eigenvalue weighted by atomic mass is 79.9. The summed E-state index contributed by atoms with van der Waals surface area (Å²) in [5.74, 6) is -0.699. The van der Waals surface area contributed by atoms with E-state index in [1.54, 1.807) is 17.1 Å². The van der Waals surface area contributed by atoms with Crippen LogP contribution in [0, 0.1) is 13.8 Å². The average Bonchev–Trinajstić information content (AvgIpc) is 3.09. The molecule has 1 aliphatic heterocycles. The van der Waals surface area contributed by atoms with Crippen LogP contribution < -0.4 is 5.32 Å². The third-order valence-corrected chi connectivity index (χ3v) is 5.77. The topological polar surface area (TPSA) is 109 Å². The Kier molecular flexibility index (Phi) is 5.91. The van der Waals surface area contributed by atoms with Gasteiger partial charge in [-0.1, -0.05) is 0 Å². The molecule has 3 heterocycles. The molecule has 2 unspecified atom stereocenters. The molecule has 2 aromatic heterocycles.